The van der Waals surface area contributed by atoms with E-state index in [-0.39, 0.29) is 5.83 Å². The summed E-state index contributed by atoms with van der Waals surface area (Å²) < 4.78 is 13.5. The van der Waals surface area contributed by atoms with E-state index in [2.05, 4.69) is 39.7 Å². The lowest BCUT2D eigenvalue weighted by atomic mass is 10.0. The zero-order valence-electron chi connectivity index (χ0n) is 24.2. The maximum absolute atomic E-state index is 13.5. The van der Waals surface area contributed by atoms with Crippen molar-refractivity contribution in [1.82, 2.24) is 4.98 Å². The lowest BCUT2D eigenvalue weighted by Gasteiger charge is -2.09. The fourth-order valence-corrected chi connectivity index (χ4v) is 2.90. The summed E-state index contributed by atoms with van der Waals surface area (Å²) >= 11 is 0. The summed E-state index contributed by atoms with van der Waals surface area (Å²) in [5, 5.41) is 9.29. The molecule has 2 nitrogen and oxygen atoms in total. The van der Waals surface area contributed by atoms with Crippen molar-refractivity contribution in [3.8, 4) is 17.3 Å². The summed E-state index contributed by atoms with van der Waals surface area (Å²) in [7, 11) is 0. The molecule has 1 unspecified atom stereocenters. The molecule has 0 saturated carbocycles. The second kappa shape index (κ2) is 22.9. The molecule has 0 bridgehead atoms. The molecular weight excluding hydrogens is 455 g/mol. The van der Waals surface area contributed by atoms with Gasteiger partial charge in [-0.3, -0.25) is 4.98 Å². The molecule has 0 saturated heterocycles. The number of benzene rings is 1. The van der Waals surface area contributed by atoms with Crippen LogP contribution < -0.4 is 0 Å². The molecule has 200 valence electrons. The van der Waals surface area contributed by atoms with Crippen molar-refractivity contribution < 1.29 is 4.39 Å². The van der Waals surface area contributed by atoms with Crippen LogP contribution in [-0.2, 0) is 6.42 Å². The summed E-state index contributed by atoms with van der Waals surface area (Å²) in [5.74, 6) is 0.423. The maximum atomic E-state index is 13.5. The van der Waals surface area contributed by atoms with Gasteiger partial charge < -0.3 is 0 Å². The molecule has 0 aliphatic carbocycles. The van der Waals surface area contributed by atoms with E-state index in [1.165, 1.54) is 18.6 Å². The molecule has 0 aliphatic heterocycles. The number of halogens is 1. The summed E-state index contributed by atoms with van der Waals surface area (Å²) in [6, 6.07) is 13.7. The van der Waals surface area contributed by atoms with Gasteiger partial charge in [-0.05, 0) is 75.8 Å². The number of aromatic nitrogens is 1. The van der Waals surface area contributed by atoms with Gasteiger partial charge in [0.15, 0.2) is 0 Å². The van der Waals surface area contributed by atoms with Crippen LogP contribution in [0.1, 0.15) is 77.6 Å². The van der Waals surface area contributed by atoms with E-state index in [1.807, 2.05) is 64.1 Å². The Balaban J connectivity index is 0. The molecule has 0 fully saturated rings. The zero-order valence-corrected chi connectivity index (χ0v) is 24.2. The van der Waals surface area contributed by atoms with Crippen molar-refractivity contribution in [1.29, 1.82) is 5.26 Å². The van der Waals surface area contributed by atoms with Crippen LogP contribution in [-0.4, -0.2) is 4.98 Å². The molecule has 1 heterocycles. The molecule has 0 radical (unpaired) electrons. The van der Waals surface area contributed by atoms with Gasteiger partial charge in [-0.25, -0.2) is 4.39 Å². The number of allylic oxidation sites excluding steroid dienone is 7. The summed E-state index contributed by atoms with van der Waals surface area (Å²) in [6.07, 6.45) is 11.8. The van der Waals surface area contributed by atoms with Gasteiger partial charge in [0.25, 0.3) is 0 Å². The van der Waals surface area contributed by atoms with Crippen LogP contribution in [0.3, 0.4) is 0 Å². The van der Waals surface area contributed by atoms with Crippen molar-refractivity contribution in [2.24, 2.45) is 5.92 Å². The van der Waals surface area contributed by atoms with E-state index in [0.29, 0.717) is 17.9 Å². The van der Waals surface area contributed by atoms with Crippen molar-refractivity contribution in [2.45, 2.75) is 74.1 Å². The van der Waals surface area contributed by atoms with Gasteiger partial charge in [-0.1, -0.05) is 88.8 Å². The van der Waals surface area contributed by atoms with E-state index in [1.54, 1.807) is 25.1 Å². The number of rotatable bonds is 9. The summed E-state index contributed by atoms with van der Waals surface area (Å²) in [5.41, 5.74) is 5.15. The molecular formula is C34H47FN2. The van der Waals surface area contributed by atoms with Crippen LogP contribution in [0.4, 0.5) is 4.39 Å². The minimum absolute atomic E-state index is 0.276. The van der Waals surface area contributed by atoms with Crippen LogP contribution in [0.15, 0.2) is 97.9 Å². The highest BCUT2D eigenvalue weighted by atomic mass is 19.1. The minimum atomic E-state index is -0.276. The lowest BCUT2D eigenvalue weighted by molar-refractivity contribution is 0.663. The van der Waals surface area contributed by atoms with Crippen LogP contribution >= 0.6 is 0 Å². The Morgan fingerprint density at radius 2 is 1.76 bits per heavy atom. The molecule has 1 aromatic carbocycles. The Morgan fingerprint density at radius 3 is 2.27 bits per heavy atom. The molecule has 3 heteroatoms. The van der Waals surface area contributed by atoms with E-state index in [4.69, 9.17) is 4.98 Å². The third-order valence-electron chi connectivity index (χ3n) is 5.15. The normalized spacial score (nSPS) is 10.8. The predicted molar refractivity (Wildman–Crippen MR) is 162 cm³/mol. The van der Waals surface area contributed by atoms with Gasteiger partial charge in [0.05, 0.1) is 17.3 Å². The molecule has 0 spiro atoms. The van der Waals surface area contributed by atoms with E-state index >= 15 is 0 Å². The largest absolute Gasteiger partial charge is 0.253 e. The number of hydrogen-bond donors (Lipinski definition) is 0. The van der Waals surface area contributed by atoms with Crippen molar-refractivity contribution in [2.75, 3.05) is 0 Å². The van der Waals surface area contributed by atoms with Gasteiger partial charge in [0, 0.05) is 11.3 Å². The third-order valence-corrected chi connectivity index (χ3v) is 5.15. The fourth-order valence-electron chi connectivity index (χ4n) is 2.90. The van der Waals surface area contributed by atoms with E-state index in [9.17, 15) is 9.65 Å². The van der Waals surface area contributed by atoms with E-state index < -0.39 is 0 Å². The van der Waals surface area contributed by atoms with Crippen molar-refractivity contribution >= 4 is 0 Å². The lowest BCUT2D eigenvalue weighted by Crippen LogP contribution is -1.98. The topological polar surface area (TPSA) is 36.7 Å². The highest BCUT2D eigenvalue weighted by Gasteiger charge is 2.08. The van der Waals surface area contributed by atoms with Crippen molar-refractivity contribution in [3.05, 3.63) is 115 Å². The van der Waals surface area contributed by atoms with Gasteiger partial charge in [0.1, 0.15) is 5.83 Å². The Morgan fingerprint density at radius 1 is 1.14 bits per heavy atom. The Labute approximate surface area is 226 Å². The molecule has 37 heavy (non-hydrogen) atoms. The Hall–Kier alpha value is -3.51. The molecule has 1 aromatic heterocycles. The molecule has 0 aliphatic rings. The smallest absolute Gasteiger partial charge is 0.123 e. The number of hydrogen-bond acceptors (Lipinski definition) is 2. The quantitative estimate of drug-likeness (QED) is 0.252. The van der Waals surface area contributed by atoms with Crippen LogP contribution in [0.2, 0.25) is 0 Å². The van der Waals surface area contributed by atoms with Crippen LogP contribution in [0, 0.1) is 24.2 Å². The molecule has 0 N–H and O–H groups in total. The second-order valence-electron chi connectivity index (χ2n) is 8.19. The first-order chi connectivity index (χ1) is 17.8. The van der Waals surface area contributed by atoms with E-state index in [0.717, 1.165) is 40.9 Å². The maximum Gasteiger partial charge on any atom is 0.123 e. The molecule has 0 amide bonds. The van der Waals surface area contributed by atoms with Gasteiger partial charge >= 0.3 is 0 Å². The summed E-state index contributed by atoms with van der Waals surface area (Å²) in [6.45, 7) is 24.9. The first-order valence-electron chi connectivity index (χ1n) is 13.1. The third kappa shape index (κ3) is 16.0. The standard InChI is InChI=1S/C23H23FN2.C6H12.C3H6.C2H6/c1-4-8-20(24)15-17(2)9-7-12-22-18(3)13-14-23(26-22)21-11-6-5-10-19(21)16-25;1-4-6(3)5-2;1-3-2;1-2/h4-6,8,10-11,13-15H,2,7,9,12H2,1,3H3;4,6H,1,5H2,2-3H3;3H,1H2,2H3;1-2H3/b8-4-,20-15+;;;. The number of nitrogens with zero attached hydrogens (tertiary/aromatic N) is 2. The predicted octanol–water partition coefficient (Wildman–Crippen LogP) is 10.7. The monoisotopic (exact) mass is 502 g/mol. The highest BCUT2D eigenvalue weighted by Crippen LogP contribution is 2.23. The zero-order chi connectivity index (χ0) is 28.6. The molecule has 2 rings (SSSR count). The minimum Gasteiger partial charge on any atom is -0.253 e. The highest BCUT2D eigenvalue weighted by molar-refractivity contribution is 5.67. The second-order valence-corrected chi connectivity index (χ2v) is 8.19. The Bertz CT molecular complexity index is 1040. The van der Waals surface area contributed by atoms with Gasteiger partial charge in [-0.2, -0.15) is 5.26 Å². The number of aryl methyl sites for hydroxylation is 2. The van der Waals surface area contributed by atoms with Crippen LogP contribution in [0.25, 0.3) is 11.3 Å². The SMILES string of the molecule is C=C(/C=C(F)\C=C/C)CCCc1nc(-c2ccccc2C#N)ccc1C.C=CC.C=CC(C)CC.CC. The van der Waals surface area contributed by atoms with Gasteiger partial charge in [0.2, 0.25) is 0 Å². The molecule has 1 atom stereocenters. The first-order valence-corrected chi connectivity index (χ1v) is 13.1. The molecule has 2 aromatic rings. The van der Waals surface area contributed by atoms with Crippen molar-refractivity contribution in [3.63, 3.8) is 0 Å². The van der Waals surface area contributed by atoms with Gasteiger partial charge in [-0.15, -0.1) is 13.2 Å². The number of nitriles is 1. The Kier molecular flexibility index (Phi) is 22.1. The average Bonchev–Trinajstić information content (AvgIpc) is 2.91. The first kappa shape index (κ1) is 35.7. The summed E-state index contributed by atoms with van der Waals surface area (Å²) in [4.78, 5) is 4.76. The number of pyridine rings is 1. The average molecular weight is 503 g/mol. The fraction of sp³-hybridized carbons (Fsp3) is 0.353. The van der Waals surface area contributed by atoms with Crippen LogP contribution in [0.5, 0.6) is 0 Å².